The SMILES string of the molecule is O=C(NCc1ccccn1)c1cc2n(n1)CCN(Cc1cccc(C(F)(F)F)c1)C2=O. The number of carbonyl (C=O) groups excluding carboxylic acids is 2. The highest BCUT2D eigenvalue weighted by Gasteiger charge is 2.31. The van der Waals surface area contributed by atoms with E-state index >= 15 is 0 Å². The van der Waals surface area contributed by atoms with Crippen molar-refractivity contribution in [2.45, 2.75) is 25.8 Å². The number of alkyl halides is 3. The predicted octanol–water partition coefficient (Wildman–Crippen LogP) is 2.88. The van der Waals surface area contributed by atoms with Crippen LogP contribution in [0.25, 0.3) is 0 Å². The Labute approximate surface area is 175 Å². The Kier molecular flexibility index (Phi) is 5.45. The fraction of sp³-hybridized carbons (Fsp3) is 0.238. The van der Waals surface area contributed by atoms with Gasteiger partial charge in [-0.2, -0.15) is 18.3 Å². The summed E-state index contributed by atoms with van der Waals surface area (Å²) in [4.78, 5) is 30.8. The number of rotatable bonds is 5. The van der Waals surface area contributed by atoms with E-state index in [-0.39, 0.29) is 36.9 Å². The molecule has 31 heavy (non-hydrogen) atoms. The van der Waals surface area contributed by atoms with Gasteiger partial charge in [0.25, 0.3) is 11.8 Å². The summed E-state index contributed by atoms with van der Waals surface area (Å²) < 4.78 is 40.3. The second-order valence-corrected chi connectivity index (χ2v) is 7.07. The number of halogens is 3. The number of carbonyl (C=O) groups is 2. The summed E-state index contributed by atoms with van der Waals surface area (Å²) in [6.45, 7) is 0.874. The Morgan fingerprint density at radius 3 is 2.68 bits per heavy atom. The molecule has 1 aliphatic rings. The van der Waals surface area contributed by atoms with Crippen LogP contribution >= 0.6 is 0 Å². The van der Waals surface area contributed by atoms with Crippen molar-refractivity contribution in [1.82, 2.24) is 25.0 Å². The van der Waals surface area contributed by atoms with Gasteiger partial charge in [0.05, 0.1) is 24.3 Å². The lowest BCUT2D eigenvalue weighted by molar-refractivity contribution is -0.137. The first-order chi connectivity index (χ1) is 14.8. The molecule has 1 aliphatic heterocycles. The zero-order valence-electron chi connectivity index (χ0n) is 16.3. The number of aromatic nitrogens is 3. The maximum atomic E-state index is 12.9. The summed E-state index contributed by atoms with van der Waals surface area (Å²) in [7, 11) is 0. The molecule has 7 nitrogen and oxygen atoms in total. The summed E-state index contributed by atoms with van der Waals surface area (Å²) in [6.07, 6.45) is -2.83. The Balaban J connectivity index is 1.45. The summed E-state index contributed by atoms with van der Waals surface area (Å²) in [5.74, 6) is -0.829. The van der Waals surface area contributed by atoms with E-state index in [4.69, 9.17) is 0 Å². The molecule has 3 heterocycles. The summed E-state index contributed by atoms with van der Waals surface area (Å²) in [6, 6.07) is 11.6. The molecular formula is C21H18F3N5O2. The van der Waals surface area contributed by atoms with Crippen LogP contribution in [0.5, 0.6) is 0 Å². The zero-order valence-corrected chi connectivity index (χ0v) is 16.3. The lowest BCUT2D eigenvalue weighted by Crippen LogP contribution is -2.39. The molecular weight excluding hydrogens is 411 g/mol. The average Bonchev–Trinajstić information content (AvgIpc) is 3.20. The maximum absolute atomic E-state index is 12.9. The number of amides is 2. The normalized spacial score (nSPS) is 13.8. The van der Waals surface area contributed by atoms with Crippen LogP contribution in [0.2, 0.25) is 0 Å². The van der Waals surface area contributed by atoms with Crippen LogP contribution in [0, 0.1) is 0 Å². The summed E-state index contributed by atoms with van der Waals surface area (Å²) >= 11 is 0. The van der Waals surface area contributed by atoms with E-state index in [1.807, 2.05) is 6.07 Å². The fourth-order valence-electron chi connectivity index (χ4n) is 3.33. The lowest BCUT2D eigenvalue weighted by Gasteiger charge is -2.27. The van der Waals surface area contributed by atoms with Gasteiger partial charge in [-0.25, -0.2) is 0 Å². The third-order valence-corrected chi connectivity index (χ3v) is 4.88. The molecule has 2 aromatic heterocycles. The van der Waals surface area contributed by atoms with Gasteiger partial charge in [0.2, 0.25) is 0 Å². The highest BCUT2D eigenvalue weighted by molar-refractivity contribution is 5.98. The molecule has 0 bridgehead atoms. The van der Waals surface area contributed by atoms with Crippen LogP contribution in [-0.4, -0.2) is 38.0 Å². The Bertz CT molecular complexity index is 1110. The van der Waals surface area contributed by atoms with E-state index in [1.54, 1.807) is 24.4 Å². The fourth-order valence-corrected chi connectivity index (χ4v) is 3.33. The van der Waals surface area contributed by atoms with Crippen molar-refractivity contribution < 1.29 is 22.8 Å². The highest BCUT2D eigenvalue weighted by Crippen LogP contribution is 2.30. The third kappa shape index (κ3) is 4.57. The first kappa shape index (κ1) is 20.6. The van der Waals surface area contributed by atoms with Gasteiger partial charge in [-0.3, -0.25) is 19.3 Å². The topological polar surface area (TPSA) is 80.1 Å². The smallest absolute Gasteiger partial charge is 0.345 e. The number of fused-ring (bicyclic) bond motifs is 1. The Morgan fingerprint density at radius 1 is 1.10 bits per heavy atom. The minimum absolute atomic E-state index is 0.0368. The van der Waals surface area contributed by atoms with Crippen LogP contribution in [-0.2, 0) is 25.8 Å². The van der Waals surface area contributed by atoms with Crippen molar-refractivity contribution in [2.75, 3.05) is 6.54 Å². The van der Waals surface area contributed by atoms with Crippen LogP contribution in [0.15, 0.2) is 54.7 Å². The average molecular weight is 429 g/mol. The molecule has 1 N–H and O–H groups in total. The van der Waals surface area contributed by atoms with Gasteiger partial charge in [-0.15, -0.1) is 0 Å². The number of nitrogens with one attached hydrogen (secondary N) is 1. The molecule has 0 aliphatic carbocycles. The van der Waals surface area contributed by atoms with Crippen LogP contribution in [0.4, 0.5) is 13.2 Å². The number of hydrogen-bond acceptors (Lipinski definition) is 4. The van der Waals surface area contributed by atoms with E-state index in [1.165, 1.54) is 21.7 Å². The van der Waals surface area contributed by atoms with Crippen molar-refractivity contribution in [3.63, 3.8) is 0 Å². The minimum atomic E-state index is -4.45. The molecule has 160 valence electrons. The highest BCUT2D eigenvalue weighted by atomic mass is 19.4. The molecule has 0 saturated heterocycles. The van der Waals surface area contributed by atoms with E-state index in [0.29, 0.717) is 17.8 Å². The largest absolute Gasteiger partial charge is 0.416 e. The molecule has 0 radical (unpaired) electrons. The van der Waals surface area contributed by atoms with Crippen molar-refractivity contribution in [1.29, 1.82) is 0 Å². The maximum Gasteiger partial charge on any atom is 0.416 e. The van der Waals surface area contributed by atoms with Gasteiger partial charge in [-0.1, -0.05) is 18.2 Å². The zero-order chi connectivity index (χ0) is 22.0. The number of hydrogen-bond donors (Lipinski definition) is 1. The number of nitrogens with zero attached hydrogens (tertiary/aromatic N) is 4. The van der Waals surface area contributed by atoms with Crippen molar-refractivity contribution >= 4 is 11.8 Å². The number of pyridine rings is 1. The van der Waals surface area contributed by atoms with Crippen LogP contribution < -0.4 is 5.32 Å². The van der Waals surface area contributed by atoms with Gasteiger partial charge >= 0.3 is 6.18 Å². The van der Waals surface area contributed by atoms with Crippen molar-refractivity contribution in [2.24, 2.45) is 0 Å². The summed E-state index contributed by atoms with van der Waals surface area (Å²) in [5.41, 5.74) is 0.625. The second kappa shape index (κ2) is 8.21. The molecule has 0 fully saturated rings. The molecule has 3 aromatic rings. The first-order valence-corrected chi connectivity index (χ1v) is 9.52. The molecule has 0 spiro atoms. The van der Waals surface area contributed by atoms with Crippen LogP contribution in [0.3, 0.4) is 0 Å². The van der Waals surface area contributed by atoms with E-state index in [0.717, 1.165) is 12.1 Å². The Morgan fingerprint density at radius 2 is 1.94 bits per heavy atom. The van der Waals surface area contributed by atoms with Gasteiger partial charge in [0.1, 0.15) is 5.69 Å². The van der Waals surface area contributed by atoms with Gasteiger partial charge < -0.3 is 10.2 Å². The van der Waals surface area contributed by atoms with E-state index in [9.17, 15) is 22.8 Å². The Hall–Kier alpha value is -3.69. The standard InChI is InChI=1S/C21H18F3N5O2/c22-21(23,24)15-5-3-4-14(10-15)13-28-8-9-29-18(20(28)31)11-17(27-29)19(30)26-12-16-6-1-2-7-25-16/h1-7,10-11H,8-9,12-13H2,(H,26,30). The van der Waals surface area contributed by atoms with E-state index < -0.39 is 17.6 Å². The summed E-state index contributed by atoms with van der Waals surface area (Å²) in [5, 5.41) is 6.89. The molecule has 1 aromatic carbocycles. The van der Waals surface area contributed by atoms with E-state index in [2.05, 4.69) is 15.4 Å². The van der Waals surface area contributed by atoms with Crippen molar-refractivity contribution in [3.05, 3.63) is 82.9 Å². The molecule has 0 saturated carbocycles. The van der Waals surface area contributed by atoms with Crippen molar-refractivity contribution in [3.8, 4) is 0 Å². The predicted molar refractivity (Wildman–Crippen MR) is 104 cm³/mol. The molecule has 4 rings (SSSR count). The number of benzene rings is 1. The monoisotopic (exact) mass is 429 g/mol. The first-order valence-electron chi connectivity index (χ1n) is 9.52. The minimum Gasteiger partial charge on any atom is -0.345 e. The molecule has 0 unspecified atom stereocenters. The van der Waals surface area contributed by atoms with Crippen LogP contribution in [0.1, 0.15) is 37.8 Å². The molecule has 2 amide bonds. The lowest BCUT2D eigenvalue weighted by atomic mass is 10.1. The second-order valence-electron chi connectivity index (χ2n) is 7.07. The molecule has 10 heteroatoms. The van der Waals surface area contributed by atoms with Gasteiger partial charge in [0.15, 0.2) is 5.69 Å². The van der Waals surface area contributed by atoms with Gasteiger partial charge in [0, 0.05) is 25.4 Å². The third-order valence-electron chi connectivity index (χ3n) is 4.88. The van der Waals surface area contributed by atoms with Gasteiger partial charge in [-0.05, 0) is 29.8 Å². The molecule has 0 atom stereocenters. The quantitative estimate of drug-likeness (QED) is 0.677.